The molecule has 11 heavy (non-hydrogen) atoms. The number of hydrogen-bond acceptors (Lipinski definition) is 1. The van der Waals surface area contributed by atoms with Gasteiger partial charge in [0.15, 0.2) is 0 Å². The summed E-state index contributed by atoms with van der Waals surface area (Å²) in [5.41, 5.74) is 4.77. The zero-order chi connectivity index (χ0) is 7.84. The van der Waals surface area contributed by atoms with Crippen LogP contribution in [0.4, 0.5) is 0 Å². The summed E-state index contributed by atoms with van der Waals surface area (Å²) in [4.78, 5) is 7.30. The van der Waals surface area contributed by atoms with E-state index in [0.29, 0.717) is 0 Å². The van der Waals surface area contributed by atoms with Crippen molar-refractivity contribution in [3.63, 3.8) is 0 Å². The van der Waals surface area contributed by atoms with Crippen LogP contribution >= 0.6 is 0 Å². The first kappa shape index (κ1) is 6.46. The Morgan fingerprint density at radius 2 is 2.27 bits per heavy atom. The molecule has 0 aliphatic rings. The number of rotatable bonds is 0. The van der Waals surface area contributed by atoms with Crippen molar-refractivity contribution in [2.75, 3.05) is 0 Å². The monoisotopic (exact) mass is 144 g/mol. The molecule has 2 rings (SSSR count). The van der Waals surface area contributed by atoms with Crippen LogP contribution in [0.5, 0.6) is 0 Å². The molecule has 0 saturated heterocycles. The number of nitrogens with zero attached hydrogens (tertiary/aromatic N) is 1. The highest BCUT2D eigenvalue weighted by molar-refractivity contribution is 6.39. The van der Waals surface area contributed by atoms with Crippen molar-refractivity contribution in [3.8, 4) is 0 Å². The number of H-pyrrole nitrogens is 1. The van der Waals surface area contributed by atoms with E-state index in [-0.39, 0.29) is 0 Å². The summed E-state index contributed by atoms with van der Waals surface area (Å²) >= 11 is 0. The van der Waals surface area contributed by atoms with Crippen LogP contribution in [0.1, 0.15) is 5.56 Å². The Morgan fingerprint density at radius 3 is 3.09 bits per heavy atom. The Hall–Kier alpha value is -1.25. The first-order chi connectivity index (χ1) is 5.29. The summed E-state index contributed by atoms with van der Waals surface area (Å²) in [6.07, 6.45) is 1.73. The summed E-state index contributed by atoms with van der Waals surface area (Å²) in [5, 5.41) is 0. The number of aryl methyl sites for hydroxylation is 1. The summed E-state index contributed by atoms with van der Waals surface area (Å²) in [7, 11) is 2.10. The van der Waals surface area contributed by atoms with Crippen molar-refractivity contribution in [2.45, 2.75) is 6.92 Å². The summed E-state index contributed by atoms with van der Waals surface area (Å²) < 4.78 is 0. The first-order valence-corrected chi connectivity index (χ1v) is 3.68. The zero-order valence-electron chi connectivity index (χ0n) is 6.68. The van der Waals surface area contributed by atoms with Crippen LogP contribution in [-0.4, -0.2) is 17.8 Å². The van der Waals surface area contributed by atoms with E-state index in [4.69, 9.17) is 0 Å². The Kier molecular flexibility index (Phi) is 1.25. The quantitative estimate of drug-likeness (QED) is 0.523. The van der Waals surface area contributed by atoms with Gasteiger partial charge in [0.25, 0.3) is 0 Å². The molecule has 1 aromatic carbocycles. The minimum atomic E-state index is 1.09. The molecule has 3 heteroatoms. The van der Waals surface area contributed by atoms with Gasteiger partial charge in [-0.05, 0) is 13.0 Å². The molecule has 0 aliphatic carbocycles. The SMILES string of the molecule is Bc1c(C)ccc2[nH]cnc12. The fourth-order valence-corrected chi connectivity index (χ4v) is 1.25. The molecule has 1 N–H and O–H groups in total. The molecule has 0 radical (unpaired) electrons. The Morgan fingerprint density at radius 1 is 1.45 bits per heavy atom. The van der Waals surface area contributed by atoms with Gasteiger partial charge in [0, 0.05) is 0 Å². The maximum Gasteiger partial charge on any atom is 0.142 e. The molecule has 54 valence electrons. The third-order valence-corrected chi connectivity index (χ3v) is 2.12. The number of imidazole rings is 1. The maximum atomic E-state index is 4.22. The highest BCUT2D eigenvalue weighted by atomic mass is 14.9. The third-order valence-electron chi connectivity index (χ3n) is 2.12. The number of fused-ring (bicyclic) bond motifs is 1. The topological polar surface area (TPSA) is 28.7 Å². The summed E-state index contributed by atoms with van der Waals surface area (Å²) in [6, 6.07) is 4.17. The second-order valence-electron chi connectivity index (χ2n) is 2.81. The van der Waals surface area contributed by atoms with Crippen LogP contribution in [0.3, 0.4) is 0 Å². The van der Waals surface area contributed by atoms with E-state index < -0.39 is 0 Å². The summed E-state index contributed by atoms with van der Waals surface area (Å²) in [5.74, 6) is 0. The molecule has 0 fully saturated rings. The molecular formula is C8H9BN2. The lowest BCUT2D eigenvalue weighted by atomic mass is 9.90. The van der Waals surface area contributed by atoms with Crippen LogP contribution < -0.4 is 5.46 Å². The molecular weight excluding hydrogens is 135 g/mol. The van der Waals surface area contributed by atoms with Gasteiger partial charge in [-0.1, -0.05) is 17.1 Å². The van der Waals surface area contributed by atoms with Crippen molar-refractivity contribution in [2.24, 2.45) is 0 Å². The minimum absolute atomic E-state index is 1.09. The molecule has 1 heterocycles. The van der Waals surface area contributed by atoms with Gasteiger partial charge in [0.05, 0.1) is 17.4 Å². The number of aromatic nitrogens is 2. The van der Waals surface area contributed by atoms with Gasteiger partial charge >= 0.3 is 0 Å². The van der Waals surface area contributed by atoms with Gasteiger partial charge in [-0.3, -0.25) is 0 Å². The number of nitrogens with one attached hydrogen (secondary N) is 1. The van der Waals surface area contributed by atoms with Gasteiger partial charge in [-0.25, -0.2) is 4.98 Å². The molecule has 0 bridgehead atoms. The largest absolute Gasteiger partial charge is 0.345 e. The number of benzene rings is 1. The van der Waals surface area contributed by atoms with Crippen molar-refractivity contribution in [1.82, 2.24) is 9.97 Å². The Balaban J connectivity index is 2.93. The van der Waals surface area contributed by atoms with Crippen molar-refractivity contribution in [3.05, 3.63) is 24.0 Å². The van der Waals surface area contributed by atoms with Crippen LogP contribution in [0.15, 0.2) is 18.5 Å². The molecule has 0 atom stereocenters. The number of hydrogen-bond donors (Lipinski definition) is 1. The van der Waals surface area contributed by atoms with E-state index in [1.54, 1.807) is 6.33 Å². The van der Waals surface area contributed by atoms with E-state index in [1.807, 2.05) is 0 Å². The standard InChI is InChI=1S/C8H9BN2/c1-5-2-3-6-8(7(5)9)11-4-10-6/h2-4H,9H2,1H3,(H,10,11). The van der Waals surface area contributed by atoms with E-state index in [9.17, 15) is 0 Å². The van der Waals surface area contributed by atoms with E-state index >= 15 is 0 Å². The average Bonchev–Trinajstić information content (AvgIpc) is 2.45. The smallest absolute Gasteiger partial charge is 0.142 e. The van der Waals surface area contributed by atoms with Gasteiger partial charge in [-0.2, -0.15) is 0 Å². The molecule has 2 aromatic rings. The predicted molar refractivity (Wildman–Crippen MR) is 49.0 cm³/mol. The highest BCUT2D eigenvalue weighted by Gasteiger charge is 2.00. The fourth-order valence-electron chi connectivity index (χ4n) is 1.25. The number of aromatic amines is 1. The lowest BCUT2D eigenvalue weighted by molar-refractivity contribution is 1.35. The van der Waals surface area contributed by atoms with E-state index in [1.165, 1.54) is 11.0 Å². The zero-order valence-corrected chi connectivity index (χ0v) is 6.68. The normalized spacial score (nSPS) is 10.6. The predicted octanol–water partition coefficient (Wildman–Crippen LogP) is 0.130. The van der Waals surface area contributed by atoms with Crippen LogP contribution in [0, 0.1) is 6.92 Å². The molecule has 1 aromatic heterocycles. The second-order valence-corrected chi connectivity index (χ2v) is 2.81. The van der Waals surface area contributed by atoms with Crippen molar-refractivity contribution >= 4 is 24.3 Å². The molecule has 2 nitrogen and oxygen atoms in total. The van der Waals surface area contributed by atoms with Gasteiger partial charge < -0.3 is 4.98 Å². The minimum Gasteiger partial charge on any atom is -0.345 e. The van der Waals surface area contributed by atoms with Crippen molar-refractivity contribution in [1.29, 1.82) is 0 Å². The molecule has 0 saturated carbocycles. The highest BCUT2D eigenvalue weighted by Crippen LogP contribution is 2.06. The molecule has 0 spiro atoms. The maximum absolute atomic E-state index is 4.22. The van der Waals surface area contributed by atoms with Crippen molar-refractivity contribution < 1.29 is 0 Å². The molecule has 0 aliphatic heterocycles. The van der Waals surface area contributed by atoms with Crippen LogP contribution in [-0.2, 0) is 0 Å². The first-order valence-electron chi connectivity index (χ1n) is 3.68. The lowest BCUT2D eigenvalue weighted by Gasteiger charge is -1.98. The third kappa shape index (κ3) is 0.844. The Bertz CT molecular complexity index is 392. The molecule has 0 unspecified atom stereocenters. The van der Waals surface area contributed by atoms with Gasteiger partial charge in [0.2, 0.25) is 0 Å². The van der Waals surface area contributed by atoms with Gasteiger partial charge in [0.1, 0.15) is 7.85 Å². The van der Waals surface area contributed by atoms with Crippen LogP contribution in [0.2, 0.25) is 0 Å². The fraction of sp³-hybridized carbons (Fsp3) is 0.125. The second kappa shape index (κ2) is 2.12. The lowest BCUT2D eigenvalue weighted by Crippen LogP contribution is -2.08. The van der Waals surface area contributed by atoms with Crippen LogP contribution in [0.25, 0.3) is 11.0 Å². The Labute approximate surface area is 66.1 Å². The van der Waals surface area contributed by atoms with E-state index in [0.717, 1.165) is 11.0 Å². The van der Waals surface area contributed by atoms with E-state index in [2.05, 4.69) is 36.9 Å². The molecule has 0 amide bonds. The average molecular weight is 144 g/mol. The van der Waals surface area contributed by atoms with Gasteiger partial charge in [-0.15, -0.1) is 0 Å². The summed E-state index contributed by atoms with van der Waals surface area (Å²) in [6.45, 7) is 2.10.